The lowest BCUT2D eigenvalue weighted by Gasteiger charge is -2.17. The van der Waals surface area contributed by atoms with Crippen molar-refractivity contribution >= 4 is 46.4 Å². The maximum Gasteiger partial charge on any atom is 0.356 e. The number of amides is 1. The lowest BCUT2D eigenvalue weighted by Crippen LogP contribution is -2.24. The minimum atomic E-state index is -1.03. The highest BCUT2D eigenvalue weighted by Gasteiger charge is 2.25. The number of carbonyl (C=O) groups is 2. The Balaban J connectivity index is 0.000000151. The van der Waals surface area contributed by atoms with E-state index in [9.17, 15) is 9.59 Å². The van der Waals surface area contributed by atoms with Gasteiger partial charge < -0.3 is 35.4 Å². The molecule has 264 valence electrons. The summed E-state index contributed by atoms with van der Waals surface area (Å²) < 4.78 is 13.6. The summed E-state index contributed by atoms with van der Waals surface area (Å²) in [6.07, 6.45) is 11.1. The quantitative estimate of drug-likeness (QED) is 0.216. The third kappa shape index (κ3) is 8.28. The number of hydrogen-bond donors (Lipinski definition) is 3. The minimum absolute atomic E-state index is 0.0688. The zero-order valence-corrected chi connectivity index (χ0v) is 27.8. The Morgan fingerprint density at radius 1 is 0.765 bits per heavy atom. The fraction of sp³-hybridized carbons (Fsp3) is 0.312. The van der Waals surface area contributed by atoms with E-state index in [1.807, 2.05) is 18.2 Å². The molecule has 0 saturated carbocycles. The first-order valence-electron chi connectivity index (χ1n) is 15.9. The van der Waals surface area contributed by atoms with Crippen molar-refractivity contribution in [3.63, 3.8) is 0 Å². The van der Waals surface area contributed by atoms with Gasteiger partial charge in [-0.15, -0.1) is 10.2 Å². The molecular formula is C32H36N14O5. The van der Waals surface area contributed by atoms with Gasteiger partial charge in [-0.3, -0.25) is 4.79 Å². The monoisotopic (exact) mass is 696 g/mol. The van der Waals surface area contributed by atoms with Crippen molar-refractivity contribution in [3.8, 4) is 0 Å². The predicted molar refractivity (Wildman–Crippen MR) is 185 cm³/mol. The molecule has 0 spiro atoms. The van der Waals surface area contributed by atoms with Crippen molar-refractivity contribution in [2.45, 2.75) is 25.0 Å². The summed E-state index contributed by atoms with van der Waals surface area (Å²) in [6.45, 7) is 3.28. The average molecular weight is 697 g/mol. The molecule has 8 heterocycles. The van der Waals surface area contributed by atoms with Gasteiger partial charge in [0.25, 0.3) is 5.91 Å². The summed E-state index contributed by atoms with van der Waals surface area (Å²) >= 11 is 0. The van der Waals surface area contributed by atoms with E-state index < -0.39 is 5.97 Å². The molecule has 19 nitrogen and oxygen atoms in total. The average Bonchev–Trinajstić information content (AvgIpc) is 3.98. The van der Waals surface area contributed by atoms with Gasteiger partial charge in [-0.25, -0.2) is 43.7 Å². The Morgan fingerprint density at radius 2 is 1.31 bits per heavy atom. The highest BCUT2D eigenvalue weighted by atomic mass is 16.5. The van der Waals surface area contributed by atoms with Crippen molar-refractivity contribution in [2.75, 3.05) is 61.2 Å². The Hall–Kier alpha value is -6.34. The number of imidazole rings is 2. The highest BCUT2D eigenvalue weighted by Crippen LogP contribution is 2.22. The fourth-order valence-electron chi connectivity index (χ4n) is 5.47. The molecule has 2 atom stereocenters. The molecule has 2 fully saturated rings. The summed E-state index contributed by atoms with van der Waals surface area (Å²) in [4.78, 5) is 51.2. The lowest BCUT2D eigenvalue weighted by molar-refractivity contribution is 0.0687. The second-order valence-electron chi connectivity index (χ2n) is 11.4. The summed E-state index contributed by atoms with van der Waals surface area (Å²) in [6, 6.07) is 10.6. The summed E-state index contributed by atoms with van der Waals surface area (Å²) in [5, 5.41) is 20.7. The smallest absolute Gasteiger partial charge is 0.356 e. The van der Waals surface area contributed by atoms with Crippen molar-refractivity contribution in [1.82, 2.24) is 49.1 Å². The molecule has 1 amide bonds. The molecule has 2 aliphatic rings. The number of nitrogens with zero attached hydrogens (tertiary/aromatic N) is 12. The van der Waals surface area contributed by atoms with Gasteiger partial charge in [0, 0.05) is 52.8 Å². The van der Waals surface area contributed by atoms with Crippen LogP contribution < -0.4 is 20.9 Å². The van der Waals surface area contributed by atoms with Crippen molar-refractivity contribution in [1.29, 1.82) is 0 Å². The van der Waals surface area contributed by atoms with Gasteiger partial charge in [0.15, 0.2) is 22.7 Å². The van der Waals surface area contributed by atoms with Crippen molar-refractivity contribution in [3.05, 3.63) is 85.2 Å². The number of nitrogens with two attached hydrogens (primary N) is 1. The molecule has 0 aliphatic carbocycles. The standard InChI is InChI=1S/C16H17N7O2.C12H14N4O3.C4H5N3/c1-25-11-5-7-22(9-11)15-3-2-14-18-8-12(23(14)21-15)16(24)20-13-4-6-17-10-19-13;1-19-8-4-5-15(7-8)11-3-2-10-13-6-9(12(17)18)16(10)14-11;5-4-1-2-6-3-7-4/h2-4,6,8,10-11H,5,7,9H2,1H3,(H,17,19,20,24);2-3,6,8H,4-5,7H2,1H3,(H,17,18);1-3H,(H2,5,6,7)/t11-;8-;/m00./s1. The molecule has 19 heteroatoms. The molecule has 0 aromatic carbocycles. The van der Waals surface area contributed by atoms with E-state index in [2.05, 4.69) is 55.2 Å². The minimum Gasteiger partial charge on any atom is -0.476 e. The molecule has 8 rings (SSSR count). The van der Waals surface area contributed by atoms with E-state index >= 15 is 0 Å². The van der Waals surface area contributed by atoms with Crippen LogP contribution >= 0.6 is 0 Å². The molecule has 2 aliphatic heterocycles. The molecule has 0 radical (unpaired) electrons. The molecule has 6 aromatic rings. The number of fused-ring (bicyclic) bond motifs is 2. The normalized spacial score (nSPS) is 16.7. The third-order valence-corrected chi connectivity index (χ3v) is 8.18. The van der Waals surface area contributed by atoms with Gasteiger partial charge >= 0.3 is 5.97 Å². The fourth-order valence-corrected chi connectivity index (χ4v) is 5.47. The van der Waals surface area contributed by atoms with Crippen LogP contribution in [0.15, 0.2) is 73.8 Å². The van der Waals surface area contributed by atoms with Crippen LogP contribution in [-0.4, -0.2) is 119 Å². The second kappa shape index (κ2) is 15.9. The number of anilines is 4. The molecule has 0 bridgehead atoms. The van der Waals surface area contributed by atoms with Gasteiger partial charge in [-0.05, 0) is 49.2 Å². The zero-order chi connectivity index (χ0) is 35.7. The van der Waals surface area contributed by atoms with E-state index in [4.69, 9.17) is 20.3 Å². The van der Waals surface area contributed by atoms with Crippen LogP contribution in [-0.2, 0) is 9.47 Å². The highest BCUT2D eigenvalue weighted by molar-refractivity contribution is 6.02. The first-order chi connectivity index (χ1) is 24.8. The molecule has 2 saturated heterocycles. The topological polar surface area (TPSA) is 229 Å². The lowest BCUT2D eigenvalue weighted by atomic mass is 10.3. The van der Waals surface area contributed by atoms with Crippen LogP contribution in [0.3, 0.4) is 0 Å². The number of carboxylic acid groups (broad SMARTS) is 1. The Labute approximate surface area is 291 Å². The maximum absolute atomic E-state index is 12.5. The number of nitrogen functional groups attached to an aromatic ring is 1. The molecular weight excluding hydrogens is 660 g/mol. The number of methoxy groups -OCH3 is 2. The Morgan fingerprint density at radius 3 is 1.76 bits per heavy atom. The van der Waals surface area contributed by atoms with Crippen molar-refractivity contribution < 1.29 is 24.2 Å². The number of carboxylic acids is 1. The van der Waals surface area contributed by atoms with E-state index in [0.29, 0.717) is 28.6 Å². The molecule has 6 aromatic heterocycles. The zero-order valence-electron chi connectivity index (χ0n) is 27.8. The molecule has 51 heavy (non-hydrogen) atoms. The van der Waals surface area contributed by atoms with Crippen LogP contribution in [0.4, 0.5) is 23.3 Å². The number of hydrogen-bond acceptors (Lipinski definition) is 15. The van der Waals surface area contributed by atoms with E-state index in [1.165, 1.54) is 29.6 Å². The Kier molecular flexibility index (Phi) is 10.8. The number of nitrogens with one attached hydrogen (secondary N) is 1. The number of rotatable bonds is 7. The number of aromatic nitrogens is 10. The summed E-state index contributed by atoms with van der Waals surface area (Å²) in [5.74, 6) is 1.11. The molecule has 0 unspecified atom stereocenters. The summed E-state index contributed by atoms with van der Waals surface area (Å²) in [7, 11) is 3.42. The first-order valence-corrected chi connectivity index (χ1v) is 15.9. The number of carbonyl (C=O) groups excluding carboxylic acids is 1. The predicted octanol–water partition coefficient (Wildman–Crippen LogP) is 1.71. The van der Waals surface area contributed by atoms with Gasteiger partial charge in [0.2, 0.25) is 0 Å². The van der Waals surface area contributed by atoms with Gasteiger partial charge in [0.1, 0.15) is 35.9 Å². The third-order valence-electron chi connectivity index (χ3n) is 8.18. The Bertz CT molecular complexity index is 2080. The van der Waals surface area contributed by atoms with E-state index in [-0.39, 0.29) is 23.8 Å². The maximum atomic E-state index is 12.5. The second-order valence-corrected chi connectivity index (χ2v) is 11.4. The number of aromatic carboxylic acids is 1. The van der Waals surface area contributed by atoms with Crippen LogP contribution in [0.1, 0.15) is 33.8 Å². The van der Waals surface area contributed by atoms with Gasteiger partial charge in [-0.1, -0.05) is 0 Å². The van der Waals surface area contributed by atoms with Crippen LogP contribution in [0.5, 0.6) is 0 Å². The summed E-state index contributed by atoms with van der Waals surface area (Å²) in [5.41, 5.74) is 6.76. The SMILES string of the molecule is CO[C@H]1CCN(c2ccc3ncc(C(=O)Nc4ccncn4)n3n2)C1.CO[C@H]1CCN(c2ccc3ncc(C(=O)O)n3n2)C1.Nc1ccncn1. The molecule has 4 N–H and O–H groups in total. The van der Waals surface area contributed by atoms with Crippen LogP contribution in [0.2, 0.25) is 0 Å². The van der Waals surface area contributed by atoms with Gasteiger partial charge in [0.05, 0.1) is 24.6 Å². The van der Waals surface area contributed by atoms with Crippen LogP contribution in [0.25, 0.3) is 11.3 Å². The van der Waals surface area contributed by atoms with Crippen molar-refractivity contribution in [2.24, 2.45) is 0 Å². The van der Waals surface area contributed by atoms with E-state index in [1.54, 1.807) is 49.3 Å². The largest absolute Gasteiger partial charge is 0.476 e. The number of ether oxygens (including phenoxy) is 2. The van der Waals surface area contributed by atoms with Crippen LogP contribution in [0, 0.1) is 0 Å². The first kappa shape index (κ1) is 34.5. The van der Waals surface area contributed by atoms with Gasteiger partial charge in [-0.2, -0.15) is 0 Å². The van der Waals surface area contributed by atoms with E-state index in [0.717, 1.165) is 50.7 Å².